The Morgan fingerprint density at radius 3 is 3.00 bits per heavy atom. The number of rotatable bonds is 0. The number of nitrogens with zero attached hydrogens (tertiary/aromatic N) is 1. The Hall–Kier alpha value is -1.48. The Bertz CT molecular complexity index is 347. The Labute approximate surface area is 69.9 Å². The lowest BCUT2D eigenvalue weighted by Crippen LogP contribution is -2.28. The fourth-order valence-electron chi connectivity index (χ4n) is 1.10. The van der Waals surface area contributed by atoms with Crippen LogP contribution in [0.15, 0.2) is 30.3 Å². The minimum atomic E-state index is -0.0267. The van der Waals surface area contributed by atoms with Crippen molar-refractivity contribution in [3.63, 3.8) is 0 Å². The van der Waals surface area contributed by atoms with Crippen molar-refractivity contribution >= 4 is 5.91 Å². The zero-order valence-corrected chi connectivity index (χ0v) is 6.43. The molecule has 1 amide bonds. The van der Waals surface area contributed by atoms with E-state index < -0.39 is 0 Å². The van der Waals surface area contributed by atoms with Gasteiger partial charge in [-0.1, -0.05) is 0 Å². The molecule has 1 aromatic carbocycles. The number of benzene rings is 1. The molecule has 1 aliphatic heterocycles. The third-order valence-corrected chi connectivity index (χ3v) is 1.69. The van der Waals surface area contributed by atoms with Gasteiger partial charge in [0, 0.05) is 5.36 Å². The van der Waals surface area contributed by atoms with Crippen molar-refractivity contribution in [1.82, 2.24) is 4.58 Å². The van der Waals surface area contributed by atoms with Crippen molar-refractivity contribution in [3.8, 4) is 0 Å². The molecule has 1 fully saturated rings. The molecule has 1 aromatic rings. The number of amides is 1. The molecular formula is C9H8NO2-. The van der Waals surface area contributed by atoms with E-state index in [1.54, 1.807) is 0 Å². The lowest BCUT2D eigenvalue weighted by Gasteiger charge is -1.99. The number of carbonyl (C=O) groups is 1. The highest BCUT2D eigenvalue weighted by Gasteiger charge is 2.15. The third kappa shape index (κ3) is 1.14. The van der Waals surface area contributed by atoms with Crippen LogP contribution in [0.25, 0.3) is 0 Å². The molecule has 0 aliphatic carbocycles. The molecule has 1 aliphatic rings. The van der Waals surface area contributed by atoms with Crippen molar-refractivity contribution in [2.45, 2.75) is 0 Å². The summed E-state index contributed by atoms with van der Waals surface area (Å²) in [6.07, 6.45) is 0. The summed E-state index contributed by atoms with van der Waals surface area (Å²) in [4.78, 5) is 11.1. The molecular weight excluding hydrogens is 154 g/mol. The maximum Gasteiger partial charge on any atom is 0.308 e. The summed E-state index contributed by atoms with van der Waals surface area (Å²) in [5, 5.41) is 0.847. The van der Waals surface area contributed by atoms with E-state index in [2.05, 4.69) is 0 Å². The summed E-state index contributed by atoms with van der Waals surface area (Å²) in [6.45, 7) is 1.59. The summed E-state index contributed by atoms with van der Waals surface area (Å²) >= 11 is 0. The number of hydrogen-bond acceptors (Lipinski definition) is 2. The second-order valence-electron chi connectivity index (χ2n) is 2.52. The highest BCUT2D eigenvalue weighted by atomic mass is 16.5. The maximum atomic E-state index is 11.1. The first-order valence-corrected chi connectivity index (χ1v) is 3.70. The van der Waals surface area contributed by atoms with Gasteiger partial charge in [0.2, 0.25) is 0 Å². The fourth-order valence-corrected chi connectivity index (χ4v) is 1.10. The Morgan fingerprint density at radius 2 is 2.42 bits per heavy atom. The lowest BCUT2D eigenvalue weighted by atomic mass is 10.3. The van der Waals surface area contributed by atoms with E-state index in [-0.39, 0.29) is 12.5 Å². The molecule has 12 heavy (non-hydrogen) atoms. The largest absolute Gasteiger partial charge is 0.357 e. The topological polar surface area (TPSA) is 29.3 Å². The molecule has 0 spiro atoms. The molecule has 62 valence electrons. The monoisotopic (exact) mass is 162 g/mol. The van der Waals surface area contributed by atoms with Crippen LogP contribution in [0.5, 0.6) is 0 Å². The van der Waals surface area contributed by atoms with Gasteiger partial charge >= 0.3 is 5.91 Å². The molecule has 0 saturated carbocycles. The first-order chi connectivity index (χ1) is 5.88. The molecule has 1 saturated heterocycles. The van der Waals surface area contributed by atoms with Crippen LogP contribution < -0.4 is 9.93 Å². The van der Waals surface area contributed by atoms with Crippen LogP contribution in [0.4, 0.5) is 0 Å². The van der Waals surface area contributed by atoms with Crippen LogP contribution in [-0.2, 0) is 9.53 Å². The second-order valence-corrected chi connectivity index (χ2v) is 2.52. The van der Waals surface area contributed by atoms with E-state index in [0.29, 0.717) is 0 Å². The first-order valence-electron chi connectivity index (χ1n) is 3.70. The molecule has 0 radical (unpaired) electrons. The molecule has 0 N–H and O–H groups in total. The summed E-state index contributed by atoms with van der Waals surface area (Å²) in [6, 6.07) is 9.40. The predicted octanol–water partition coefficient (Wildman–Crippen LogP) is -0.146. The smallest absolute Gasteiger partial charge is 0.308 e. The molecule has 3 heteroatoms. The van der Waals surface area contributed by atoms with Crippen LogP contribution in [-0.4, -0.2) is 12.5 Å². The van der Waals surface area contributed by atoms with E-state index in [0.717, 1.165) is 5.36 Å². The van der Waals surface area contributed by atoms with Gasteiger partial charge in [-0.15, -0.1) is 0 Å². The summed E-state index contributed by atoms with van der Waals surface area (Å²) in [5.41, 5.74) is 0. The average Bonchev–Trinajstić information content (AvgIpc) is 2.53. The minimum absolute atomic E-state index is 0.0267. The van der Waals surface area contributed by atoms with Gasteiger partial charge in [0.25, 0.3) is 0 Å². The Morgan fingerprint density at radius 1 is 1.50 bits per heavy atom. The number of ether oxygens (including phenoxy) is 1. The van der Waals surface area contributed by atoms with E-state index in [1.807, 2.05) is 30.3 Å². The van der Waals surface area contributed by atoms with Gasteiger partial charge in [0.05, 0.1) is 0 Å². The van der Waals surface area contributed by atoms with Crippen molar-refractivity contribution in [3.05, 3.63) is 42.4 Å². The van der Waals surface area contributed by atoms with Gasteiger partial charge in [0.15, 0.2) is 6.73 Å². The second kappa shape index (κ2) is 2.87. The summed E-state index contributed by atoms with van der Waals surface area (Å²) < 4.78 is 6.38. The molecule has 2 rings (SSSR count). The molecule has 0 aromatic heterocycles. The standard InChI is InChI=1S/C9H8NO2/c11-9-6-12-7-10(9)8-4-2-1-3-5-8/h1-5,7H,6H2/q-1. The Kier molecular flexibility index (Phi) is 1.72. The van der Waals surface area contributed by atoms with Crippen molar-refractivity contribution in [1.29, 1.82) is 0 Å². The molecule has 0 unspecified atom stereocenters. The van der Waals surface area contributed by atoms with Crippen LogP contribution in [0.1, 0.15) is 0 Å². The van der Waals surface area contributed by atoms with E-state index in [9.17, 15) is 4.79 Å². The SMILES string of the molecule is O=C1CO[CH-][N+]1=c1cccc[cH-]1. The van der Waals surface area contributed by atoms with E-state index >= 15 is 0 Å². The maximum absolute atomic E-state index is 11.1. The van der Waals surface area contributed by atoms with Crippen LogP contribution >= 0.6 is 0 Å². The average molecular weight is 162 g/mol. The third-order valence-electron chi connectivity index (χ3n) is 1.69. The van der Waals surface area contributed by atoms with Gasteiger partial charge in [-0.05, 0) is 0 Å². The zero-order valence-electron chi connectivity index (χ0n) is 6.43. The van der Waals surface area contributed by atoms with E-state index in [1.165, 1.54) is 11.3 Å². The quantitative estimate of drug-likeness (QED) is 0.392. The van der Waals surface area contributed by atoms with Gasteiger partial charge < -0.3 is 4.74 Å². The van der Waals surface area contributed by atoms with Gasteiger partial charge in [0.1, 0.15) is 6.61 Å². The normalized spacial score (nSPS) is 16.3. The zero-order chi connectivity index (χ0) is 8.39. The summed E-state index contributed by atoms with van der Waals surface area (Å²) in [7, 11) is 0. The Balaban J connectivity index is 2.57. The van der Waals surface area contributed by atoms with Crippen molar-refractivity contribution < 1.29 is 9.53 Å². The van der Waals surface area contributed by atoms with E-state index in [4.69, 9.17) is 4.74 Å². The summed E-state index contributed by atoms with van der Waals surface area (Å²) in [5.74, 6) is -0.0267. The molecule has 0 atom stereocenters. The molecule has 3 nitrogen and oxygen atoms in total. The number of hydrogen-bond donors (Lipinski definition) is 0. The van der Waals surface area contributed by atoms with Crippen LogP contribution in [0.2, 0.25) is 0 Å². The first kappa shape index (κ1) is 7.18. The minimum Gasteiger partial charge on any atom is -0.357 e. The van der Waals surface area contributed by atoms with Crippen LogP contribution in [0.3, 0.4) is 0 Å². The highest BCUT2D eigenvalue weighted by Crippen LogP contribution is 1.93. The number of carbonyl (C=O) groups excluding carboxylic acids is 1. The number of para-hydroxylation sites is 1. The van der Waals surface area contributed by atoms with Crippen molar-refractivity contribution in [2.75, 3.05) is 6.61 Å². The molecule has 0 bridgehead atoms. The van der Waals surface area contributed by atoms with Gasteiger partial charge in [-0.2, -0.15) is 30.3 Å². The van der Waals surface area contributed by atoms with Crippen molar-refractivity contribution in [2.24, 2.45) is 0 Å². The lowest BCUT2D eigenvalue weighted by molar-refractivity contribution is -0.120. The van der Waals surface area contributed by atoms with Gasteiger partial charge in [-0.3, -0.25) is 9.37 Å². The molecule has 1 heterocycles. The predicted molar refractivity (Wildman–Crippen MR) is 42.6 cm³/mol. The van der Waals surface area contributed by atoms with Gasteiger partial charge in [-0.25, -0.2) is 0 Å². The fraction of sp³-hybridized carbons (Fsp3) is 0.111. The van der Waals surface area contributed by atoms with Crippen LogP contribution in [0, 0.1) is 6.73 Å². The highest BCUT2D eigenvalue weighted by molar-refractivity contribution is 5.81.